The molecule has 0 saturated heterocycles. The molecule has 1 amide bonds. The van der Waals surface area contributed by atoms with Gasteiger partial charge in [0.25, 0.3) is 5.91 Å². The third-order valence-electron chi connectivity index (χ3n) is 0.440. The van der Waals surface area contributed by atoms with E-state index in [1.54, 1.807) is 0 Å². The van der Waals surface area contributed by atoms with Crippen molar-refractivity contribution in [3.8, 4) is 0 Å². The third-order valence-corrected chi connectivity index (χ3v) is 0.440. The lowest BCUT2D eigenvalue weighted by molar-refractivity contribution is -0.113. The van der Waals surface area contributed by atoms with Gasteiger partial charge in [0, 0.05) is 27.4 Å². The van der Waals surface area contributed by atoms with E-state index in [4.69, 9.17) is 8.42 Å². The number of nitrogens with zero attached hydrogens (tertiary/aromatic N) is 2. The zero-order valence-corrected chi connectivity index (χ0v) is 7.27. The molecule has 0 N–H and O–H groups in total. The minimum atomic E-state index is -3.72. The molecule has 0 aromatic rings. The second-order valence-electron chi connectivity index (χ2n) is 1.25. The van der Waals surface area contributed by atoms with Gasteiger partial charge in [0.1, 0.15) is 0 Å². The molecule has 1 aliphatic heterocycles. The standard InChI is InChI=1S/C3H2N2O.Cl2O2S/c6-3-1-2-4-5-3;1-5(2,3)4/h1-2H;. The van der Waals surface area contributed by atoms with Crippen LogP contribution >= 0.6 is 21.4 Å². The van der Waals surface area contributed by atoms with Crippen molar-refractivity contribution in [2.45, 2.75) is 0 Å². The van der Waals surface area contributed by atoms with Crippen LogP contribution in [0.5, 0.6) is 0 Å². The number of rotatable bonds is 0. The van der Waals surface area contributed by atoms with Gasteiger partial charge in [0.05, 0.1) is 6.20 Å². The zero-order valence-electron chi connectivity index (χ0n) is 4.94. The molecule has 0 unspecified atom stereocenters. The minimum absolute atomic E-state index is 0.269. The molecular formula is C3H2Cl2N2O3S. The average Bonchev–Trinajstić information content (AvgIpc) is 2.12. The average molecular weight is 217 g/mol. The highest BCUT2D eigenvalue weighted by molar-refractivity contribution is 8.31. The van der Waals surface area contributed by atoms with Crippen molar-refractivity contribution < 1.29 is 13.2 Å². The maximum absolute atomic E-state index is 9.90. The summed E-state index contributed by atoms with van der Waals surface area (Å²) in [5.74, 6) is -0.269. The van der Waals surface area contributed by atoms with Crippen molar-refractivity contribution in [1.29, 1.82) is 0 Å². The Hall–Kier alpha value is -0.460. The quantitative estimate of drug-likeness (QED) is 0.572. The van der Waals surface area contributed by atoms with Crippen LogP contribution in [0.2, 0.25) is 0 Å². The zero-order chi connectivity index (χ0) is 8.91. The highest BCUT2D eigenvalue weighted by atomic mass is 36.0. The molecule has 0 aromatic heterocycles. The number of carbonyl (C=O) groups excluding carboxylic acids is 1. The van der Waals surface area contributed by atoms with Crippen molar-refractivity contribution in [3.63, 3.8) is 0 Å². The summed E-state index contributed by atoms with van der Waals surface area (Å²) >= 11 is 0. The van der Waals surface area contributed by atoms with E-state index >= 15 is 0 Å². The van der Waals surface area contributed by atoms with Gasteiger partial charge in [-0.25, -0.2) is 0 Å². The predicted molar refractivity (Wildman–Crippen MR) is 39.6 cm³/mol. The summed E-state index contributed by atoms with van der Waals surface area (Å²) in [5, 5.41) is 6.37. The van der Waals surface area contributed by atoms with Gasteiger partial charge in [-0.15, -0.1) is 5.11 Å². The molecule has 8 heteroatoms. The molecule has 0 fully saturated rings. The Bertz CT molecular complexity index is 272. The van der Waals surface area contributed by atoms with Crippen LogP contribution in [0.15, 0.2) is 22.5 Å². The largest absolute Gasteiger partial charge is 0.317 e. The van der Waals surface area contributed by atoms with E-state index in [1.807, 2.05) is 0 Å². The van der Waals surface area contributed by atoms with Gasteiger partial charge < -0.3 is 0 Å². The third kappa shape index (κ3) is 12.7. The summed E-state index contributed by atoms with van der Waals surface area (Å²) in [6.07, 6.45) is 2.67. The normalized spacial score (nSPS) is 14.5. The Morgan fingerprint density at radius 2 is 1.82 bits per heavy atom. The monoisotopic (exact) mass is 216 g/mol. The van der Waals surface area contributed by atoms with Crippen molar-refractivity contribution in [1.82, 2.24) is 0 Å². The minimum Gasteiger partial charge on any atom is -0.266 e. The van der Waals surface area contributed by atoms with Crippen LogP contribution in [-0.2, 0) is 13.1 Å². The fraction of sp³-hybridized carbons (Fsp3) is 0. The maximum atomic E-state index is 9.90. The first kappa shape index (κ1) is 10.5. The van der Waals surface area contributed by atoms with Crippen LogP contribution in [0.1, 0.15) is 0 Å². The Morgan fingerprint density at radius 1 is 1.36 bits per heavy atom. The lowest BCUT2D eigenvalue weighted by atomic mass is 10.6. The van der Waals surface area contributed by atoms with E-state index in [2.05, 4.69) is 31.6 Å². The smallest absolute Gasteiger partial charge is 0.266 e. The molecule has 1 heterocycles. The lowest BCUT2D eigenvalue weighted by Gasteiger charge is -1.61. The van der Waals surface area contributed by atoms with E-state index in [0.29, 0.717) is 0 Å². The molecule has 0 spiro atoms. The Kier molecular flexibility index (Phi) is 4.24. The molecule has 1 aliphatic rings. The SMILES string of the molecule is O=C1C=CN=N1.O=S(=O)(Cl)Cl. The maximum Gasteiger partial charge on any atom is 0.317 e. The van der Waals surface area contributed by atoms with E-state index in [1.165, 1.54) is 12.3 Å². The molecule has 0 aliphatic carbocycles. The molecule has 5 nitrogen and oxygen atoms in total. The first-order valence-corrected chi connectivity index (χ1v) is 5.29. The van der Waals surface area contributed by atoms with E-state index < -0.39 is 8.26 Å². The first-order chi connectivity index (χ1) is 4.89. The number of azo groups is 1. The van der Waals surface area contributed by atoms with E-state index in [0.717, 1.165) is 0 Å². The fourth-order valence-electron chi connectivity index (χ4n) is 0.221. The lowest BCUT2D eigenvalue weighted by Crippen LogP contribution is -1.74. The van der Waals surface area contributed by atoms with Crippen molar-refractivity contribution >= 4 is 35.5 Å². The first-order valence-electron chi connectivity index (χ1n) is 2.15. The van der Waals surface area contributed by atoms with Crippen LogP contribution in [0.3, 0.4) is 0 Å². The van der Waals surface area contributed by atoms with Crippen LogP contribution < -0.4 is 0 Å². The Labute approximate surface area is 71.6 Å². The number of hydrogen-bond donors (Lipinski definition) is 0. The second-order valence-corrected chi connectivity index (χ2v) is 4.92. The van der Waals surface area contributed by atoms with Gasteiger partial charge in [-0.3, -0.25) is 4.79 Å². The summed E-state index contributed by atoms with van der Waals surface area (Å²) in [6.45, 7) is 0. The summed E-state index contributed by atoms with van der Waals surface area (Å²) in [6, 6.07) is 0. The summed E-state index contributed by atoms with van der Waals surface area (Å²) in [5.41, 5.74) is 0. The molecule has 0 bridgehead atoms. The molecule has 0 radical (unpaired) electrons. The summed E-state index contributed by atoms with van der Waals surface area (Å²) in [7, 11) is 4.81. The molecule has 11 heavy (non-hydrogen) atoms. The van der Waals surface area contributed by atoms with Crippen LogP contribution in [-0.4, -0.2) is 14.3 Å². The summed E-state index contributed by atoms with van der Waals surface area (Å²) < 4.78 is 18.3. The molecule has 1 rings (SSSR count). The molecule has 0 atom stereocenters. The van der Waals surface area contributed by atoms with Gasteiger partial charge in [-0.2, -0.15) is 13.5 Å². The van der Waals surface area contributed by atoms with Gasteiger partial charge in [-0.05, 0) is 0 Å². The van der Waals surface area contributed by atoms with Crippen LogP contribution in [0.4, 0.5) is 0 Å². The van der Waals surface area contributed by atoms with Crippen LogP contribution in [0, 0.1) is 0 Å². The van der Waals surface area contributed by atoms with E-state index in [9.17, 15) is 4.79 Å². The highest BCUT2D eigenvalue weighted by Crippen LogP contribution is 1.98. The number of carbonyl (C=O) groups is 1. The van der Waals surface area contributed by atoms with Crippen molar-refractivity contribution in [2.24, 2.45) is 10.2 Å². The fourth-order valence-corrected chi connectivity index (χ4v) is 0.221. The highest BCUT2D eigenvalue weighted by Gasteiger charge is 1.92. The molecule has 62 valence electrons. The van der Waals surface area contributed by atoms with Gasteiger partial charge in [0.15, 0.2) is 0 Å². The molecular weight excluding hydrogens is 215 g/mol. The number of hydrogen-bond acceptors (Lipinski definition) is 4. The van der Waals surface area contributed by atoms with Gasteiger partial charge >= 0.3 is 8.26 Å². The number of amides is 1. The molecule has 0 aromatic carbocycles. The van der Waals surface area contributed by atoms with Crippen molar-refractivity contribution in [3.05, 3.63) is 12.3 Å². The van der Waals surface area contributed by atoms with E-state index in [-0.39, 0.29) is 5.91 Å². The predicted octanol–water partition coefficient (Wildman–Crippen LogP) is 1.20. The molecule has 0 saturated carbocycles. The van der Waals surface area contributed by atoms with Crippen LogP contribution in [0.25, 0.3) is 0 Å². The Morgan fingerprint density at radius 3 is 1.91 bits per heavy atom. The topological polar surface area (TPSA) is 75.9 Å². The Balaban J connectivity index is 0.000000187. The van der Waals surface area contributed by atoms with Gasteiger partial charge in [0.2, 0.25) is 0 Å². The summed E-state index contributed by atoms with van der Waals surface area (Å²) in [4.78, 5) is 9.90. The van der Waals surface area contributed by atoms with Gasteiger partial charge in [-0.1, -0.05) is 0 Å². The second kappa shape index (κ2) is 4.42. The number of halogens is 2. The van der Waals surface area contributed by atoms with Crippen molar-refractivity contribution in [2.75, 3.05) is 0 Å².